The van der Waals surface area contributed by atoms with Crippen LogP contribution in [0.4, 0.5) is 0 Å². The zero-order valence-electron chi connectivity index (χ0n) is 10.4. The molecule has 2 fully saturated rings. The number of nitrogens with two attached hydrogens (primary N) is 1. The van der Waals surface area contributed by atoms with Crippen molar-refractivity contribution in [1.29, 1.82) is 0 Å². The molecule has 2 N–H and O–H groups in total. The topological polar surface area (TPSA) is 35.2 Å². The molecule has 0 aromatic heterocycles. The number of thioether (sulfide) groups is 1. The first-order valence-corrected chi connectivity index (χ1v) is 7.93. The quantitative estimate of drug-likeness (QED) is 0.827. The largest absolute Gasteiger partial charge is 0.375 e. The summed E-state index contributed by atoms with van der Waals surface area (Å²) in [7, 11) is 0. The van der Waals surface area contributed by atoms with Crippen LogP contribution in [-0.2, 0) is 4.74 Å². The van der Waals surface area contributed by atoms with Crippen molar-refractivity contribution in [3.63, 3.8) is 0 Å². The van der Waals surface area contributed by atoms with Gasteiger partial charge in [-0.25, -0.2) is 0 Å². The zero-order chi connectivity index (χ0) is 11.4. The second-order valence-corrected chi connectivity index (χ2v) is 6.33. The summed E-state index contributed by atoms with van der Waals surface area (Å²) in [4.78, 5) is 0. The lowest BCUT2D eigenvalue weighted by molar-refractivity contribution is 0.0233. The van der Waals surface area contributed by atoms with Crippen LogP contribution in [0.3, 0.4) is 0 Å². The molecule has 1 aliphatic carbocycles. The van der Waals surface area contributed by atoms with Crippen LogP contribution in [0.1, 0.15) is 39.0 Å². The summed E-state index contributed by atoms with van der Waals surface area (Å²) in [5.41, 5.74) is 6.45. The Labute approximate surface area is 104 Å². The fraction of sp³-hybridized carbons (Fsp3) is 1.00. The van der Waals surface area contributed by atoms with Crippen LogP contribution >= 0.6 is 11.8 Å². The van der Waals surface area contributed by atoms with Crippen molar-refractivity contribution in [2.24, 2.45) is 17.6 Å². The summed E-state index contributed by atoms with van der Waals surface area (Å²) >= 11 is 2.00. The van der Waals surface area contributed by atoms with Crippen LogP contribution in [0.2, 0.25) is 0 Å². The minimum absolute atomic E-state index is 0.276. The van der Waals surface area contributed by atoms with E-state index in [1.54, 1.807) is 0 Å². The molecular weight excluding hydrogens is 218 g/mol. The lowest BCUT2D eigenvalue weighted by Crippen LogP contribution is -2.49. The second kappa shape index (κ2) is 6.27. The van der Waals surface area contributed by atoms with E-state index >= 15 is 0 Å². The third-order valence-electron chi connectivity index (χ3n) is 4.26. The lowest BCUT2D eigenvalue weighted by Gasteiger charge is -2.39. The highest BCUT2D eigenvalue weighted by atomic mass is 32.2. The van der Waals surface area contributed by atoms with Gasteiger partial charge in [-0.15, -0.1) is 0 Å². The first kappa shape index (κ1) is 12.7. The molecule has 16 heavy (non-hydrogen) atoms. The van der Waals surface area contributed by atoms with Gasteiger partial charge in [0, 0.05) is 17.5 Å². The normalized spacial score (nSPS) is 38.2. The minimum Gasteiger partial charge on any atom is -0.375 e. The Balaban J connectivity index is 1.92. The molecule has 0 amide bonds. The van der Waals surface area contributed by atoms with E-state index in [0.717, 1.165) is 24.0 Å². The summed E-state index contributed by atoms with van der Waals surface area (Å²) in [5.74, 6) is 3.81. The van der Waals surface area contributed by atoms with Crippen molar-refractivity contribution in [2.45, 2.75) is 51.2 Å². The molecule has 1 heterocycles. The number of hydrogen-bond donors (Lipinski definition) is 1. The zero-order valence-corrected chi connectivity index (χ0v) is 11.2. The SMILES string of the molecule is CCC1CCCCC1C(N)C1CSCCO1. The monoisotopic (exact) mass is 243 g/mol. The summed E-state index contributed by atoms with van der Waals surface area (Å²) < 4.78 is 5.84. The third kappa shape index (κ3) is 2.93. The molecule has 0 aromatic rings. The molecule has 0 spiro atoms. The molecular formula is C13H25NOS. The van der Waals surface area contributed by atoms with Crippen molar-refractivity contribution in [3.8, 4) is 0 Å². The Morgan fingerprint density at radius 2 is 2.19 bits per heavy atom. The number of hydrogen-bond acceptors (Lipinski definition) is 3. The molecule has 94 valence electrons. The smallest absolute Gasteiger partial charge is 0.0819 e. The van der Waals surface area contributed by atoms with E-state index in [-0.39, 0.29) is 6.04 Å². The molecule has 1 saturated carbocycles. The predicted molar refractivity (Wildman–Crippen MR) is 70.8 cm³/mol. The second-order valence-electron chi connectivity index (χ2n) is 5.18. The van der Waals surface area contributed by atoms with Crippen LogP contribution < -0.4 is 5.73 Å². The Morgan fingerprint density at radius 3 is 2.88 bits per heavy atom. The van der Waals surface area contributed by atoms with E-state index in [9.17, 15) is 0 Å². The fourth-order valence-electron chi connectivity index (χ4n) is 3.25. The van der Waals surface area contributed by atoms with Gasteiger partial charge in [0.2, 0.25) is 0 Å². The van der Waals surface area contributed by atoms with E-state index in [4.69, 9.17) is 10.5 Å². The van der Waals surface area contributed by atoms with Crippen molar-refractivity contribution < 1.29 is 4.74 Å². The fourth-order valence-corrected chi connectivity index (χ4v) is 4.19. The number of rotatable bonds is 3. The molecule has 2 aliphatic rings. The average molecular weight is 243 g/mol. The maximum absolute atomic E-state index is 6.45. The summed E-state index contributed by atoms with van der Waals surface area (Å²) in [6, 6.07) is 0.276. The van der Waals surface area contributed by atoms with Crippen molar-refractivity contribution in [2.75, 3.05) is 18.1 Å². The van der Waals surface area contributed by atoms with E-state index in [1.165, 1.54) is 32.1 Å². The highest BCUT2D eigenvalue weighted by molar-refractivity contribution is 7.99. The molecule has 4 atom stereocenters. The molecule has 0 bridgehead atoms. The van der Waals surface area contributed by atoms with Crippen LogP contribution in [0, 0.1) is 11.8 Å². The first-order valence-electron chi connectivity index (χ1n) is 6.78. The van der Waals surface area contributed by atoms with E-state index in [2.05, 4.69) is 6.92 Å². The summed E-state index contributed by atoms with van der Waals surface area (Å²) in [5, 5.41) is 0. The van der Waals surface area contributed by atoms with Gasteiger partial charge in [0.25, 0.3) is 0 Å². The third-order valence-corrected chi connectivity index (χ3v) is 5.28. The van der Waals surface area contributed by atoms with Crippen LogP contribution in [0.25, 0.3) is 0 Å². The van der Waals surface area contributed by atoms with E-state index < -0.39 is 0 Å². The molecule has 0 aromatic carbocycles. The van der Waals surface area contributed by atoms with E-state index in [0.29, 0.717) is 12.0 Å². The summed E-state index contributed by atoms with van der Waals surface area (Å²) in [6.45, 7) is 3.21. The lowest BCUT2D eigenvalue weighted by atomic mass is 9.73. The molecule has 3 heteroatoms. The van der Waals surface area contributed by atoms with Gasteiger partial charge in [-0.1, -0.05) is 32.6 Å². The van der Waals surface area contributed by atoms with Gasteiger partial charge in [0.05, 0.1) is 12.7 Å². The van der Waals surface area contributed by atoms with Crippen LogP contribution in [0.5, 0.6) is 0 Å². The average Bonchev–Trinajstić information content (AvgIpc) is 2.39. The Kier molecular flexibility index (Phi) is 4.98. The van der Waals surface area contributed by atoms with Crippen LogP contribution in [-0.4, -0.2) is 30.3 Å². The van der Waals surface area contributed by atoms with Gasteiger partial charge < -0.3 is 10.5 Å². The highest BCUT2D eigenvalue weighted by Gasteiger charge is 2.34. The van der Waals surface area contributed by atoms with Gasteiger partial charge in [0.15, 0.2) is 0 Å². The molecule has 1 saturated heterocycles. The number of ether oxygens (including phenoxy) is 1. The molecule has 2 nitrogen and oxygen atoms in total. The van der Waals surface area contributed by atoms with Gasteiger partial charge in [-0.05, 0) is 18.3 Å². The van der Waals surface area contributed by atoms with E-state index in [1.807, 2.05) is 11.8 Å². The van der Waals surface area contributed by atoms with Crippen molar-refractivity contribution >= 4 is 11.8 Å². The maximum atomic E-state index is 6.45. The van der Waals surface area contributed by atoms with Gasteiger partial charge in [-0.3, -0.25) is 0 Å². The molecule has 2 rings (SSSR count). The first-order chi connectivity index (χ1) is 7.83. The predicted octanol–water partition coefficient (Wildman–Crippen LogP) is 2.66. The van der Waals surface area contributed by atoms with Gasteiger partial charge in [0.1, 0.15) is 0 Å². The molecule has 1 aliphatic heterocycles. The van der Waals surface area contributed by atoms with Crippen LogP contribution in [0.15, 0.2) is 0 Å². The van der Waals surface area contributed by atoms with Crippen molar-refractivity contribution in [3.05, 3.63) is 0 Å². The van der Waals surface area contributed by atoms with Gasteiger partial charge >= 0.3 is 0 Å². The Hall–Kier alpha value is 0.270. The molecule has 4 unspecified atom stereocenters. The maximum Gasteiger partial charge on any atom is 0.0819 e. The van der Waals surface area contributed by atoms with Crippen molar-refractivity contribution in [1.82, 2.24) is 0 Å². The standard InChI is InChI=1S/C13H25NOS/c1-2-10-5-3-4-6-11(10)13(14)12-9-16-8-7-15-12/h10-13H,2-9,14H2,1H3. The Morgan fingerprint density at radius 1 is 1.38 bits per heavy atom. The Bertz CT molecular complexity index is 206. The minimum atomic E-state index is 0.276. The van der Waals surface area contributed by atoms with Gasteiger partial charge in [-0.2, -0.15) is 11.8 Å². The summed E-state index contributed by atoms with van der Waals surface area (Å²) in [6.07, 6.45) is 7.09. The highest BCUT2D eigenvalue weighted by Crippen LogP contribution is 2.36. The molecule has 0 radical (unpaired) electrons.